The molecule has 0 radical (unpaired) electrons. The molecule has 6 heteroatoms. The van der Waals surface area contributed by atoms with Crippen LogP contribution in [0.2, 0.25) is 0 Å². The first-order valence-electron chi connectivity index (χ1n) is 5.80. The number of nitrogens with zero attached hydrogens (tertiary/aromatic N) is 2. The quantitative estimate of drug-likeness (QED) is 0.667. The van der Waals surface area contributed by atoms with E-state index in [-0.39, 0.29) is 10.6 Å². The van der Waals surface area contributed by atoms with Gasteiger partial charge in [0, 0.05) is 24.0 Å². The van der Waals surface area contributed by atoms with Crippen LogP contribution in [-0.2, 0) is 0 Å². The average Bonchev–Trinajstić information content (AvgIpc) is 2.75. The van der Waals surface area contributed by atoms with Gasteiger partial charge in [-0.3, -0.25) is 10.1 Å². The number of anilines is 1. The minimum atomic E-state index is -0.641. The lowest BCUT2D eigenvalue weighted by Crippen LogP contribution is -2.29. The Morgan fingerprint density at radius 2 is 2.12 bits per heavy atom. The maximum atomic E-state index is 11.0. The maximum Gasteiger partial charge on any atom is 0.304 e. The van der Waals surface area contributed by atoms with E-state index >= 15 is 0 Å². The molecule has 0 bridgehead atoms. The smallest absolute Gasteiger partial charge is 0.304 e. The van der Waals surface area contributed by atoms with Gasteiger partial charge in [0.1, 0.15) is 0 Å². The monoisotopic (exact) mass is 256 g/mol. The van der Waals surface area contributed by atoms with E-state index in [1.807, 2.05) is 0 Å². The van der Waals surface area contributed by atoms with E-state index in [4.69, 9.17) is 0 Å². The molecular weight excluding hydrogens is 240 g/mol. The van der Waals surface area contributed by atoms with Gasteiger partial charge < -0.3 is 10.0 Å². The Bertz CT molecular complexity index is 411. The lowest BCUT2D eigenvalue weighted by Gasteiger charge is -2.26. The van der Waals surface area contributed by atoms with Crippen molar-refractivity contribution in [3.05, 3.63) is 21.1 Å². The number of nitro groups is 1. The maximum absolute atomic E-state index is 11.0. The molecule has 1 N–H and O–H groups in total. The Morgan fingerprint density at radius 1 is 1.47 bits per heavy atom. The van der Waals surface area contributed by atoms with Crippen molar-refractivity contribution in [2.75, 3.05) is 18.0 Å². The van der Waals surface area contributed by atoms with Gasteiger partial charge in [-0.2, -0.15) is 0 Å². The molecule has 1 aliphatic heterocycles. The standard InChI is InChI=1S/C11H16N2O3S/c1-8(14)10-7-9(13(15)16)11(17-10)12-5-3-2-4-6-12/h7-8,14H,2-6H2,1H3. The Morgan fingerprint density at radius 3 is 2.65 bits per heavy atom. The molecule has 1 fully saturated rings. The average molecular weight is 256 g/mol. The Labute approximate surface area is 104 Å². The summed E-state index contributed by atoms with van der Waals surface area (Å²) in [6, 6.07) is 1.50. The van der Waals surface area contributed by atoms with E-state index in [9.17, 15) is 15.2 Å². The number of piperidine rings is 1. The highest BCUT2D eigenvalue weighted by molar-refractivity contribution is 7.16. The van der Waals surface area contributed by atoms with Gasteiger partial charge in [0.15, 0.2) is 5.00 Å². The van der Waals surface area contributed by atoms with E-state index in [0.717, 1.165) is 25.9 Å². The van der Waals surface area contributed by atoms with Crippen molar-refractivity contribution in [2.24, 2.45) is 0 Å². The van der Waals surface area contributed by atoms with E-state index in [1.54, 1.807) is 6.92 Å². The van der Waals surface area contributed by atoms with Crippen molar-refractivity contribution in [1.29, 1.82) is 0 Å². The van der Waals surface area contributed by atoms with Crippen LogP contribution in [0, 0.1) is 10.1 Å². The highest BCUT2D eigenvalue weighted by Crippen LogP contribution is 2.40. The number of hydrogen-bond donors (Lipinski definition) is 1. The molecule has 1 saturated heterocycles. The molecule has 2 rings (SSSR count). The largest absolute Gasteiger partial charge is 0.388 e. The number of aliphatic hydroxyl groups excluding tert-OH is 1. The van der Waals surface area contributed by atoms with Crippen LogP contribution in [0.3, 0.4) is 0 Å². The van der Waals surface area contributed by atoms with E-state index in [1.165, 1.54) is 23.8 Å². The number of hydrogen-bond acceptors (Lipinski definition) is 5. The third kappa shape index (κ3) is 2.58. The van der Waals surface area contributed by atoms with Gasteiger partial charge in [0.05, 0.1) is 11.0 Å². The zero-order valence-corrected chi connectivity index (χ0v) is 10.6. The summed E-state index contributed by atoms with van der Waals surface area (Å²) in [5.41, 5.74) is 0.132. The van der Waals surface area contributed by atoms with Gasteiger partial charge in [-0.1, -0.05) is 0 Å². The van der Waals surface area contributed by atoms with Crippen molar-refractivity contribution in [3.8, 4) is 0 Å². The molecule has 0 aromatic carbocycles. The van der Waals surface area contributed by atoms with Crippen LogP contribution in [0.25, 0.3) is 0 Å². The first-order valence-corrected chi connectivity index (χ1v) is 6.62. The molecule has 17 heavy (non-hydrogen) atoms. The van der Waals surface area contributed by atoms with Crippen LogP contribution in [0.4, 0.5) is 10.7 Å². The number of thiophene rings is 1. The zero-order valence-electron chi connectivity index (χ0n) is 9.76. The van der Waals surface area contributed by atoms with Crippen molar-refractivity contribution in [3.63, 3.8) is 0 Å². The highest BCUT2D eigenvalue weighted by atomic mass is 32.1. The molecule has 0 spiro atoms. The highest BCUT2D eigenvalue weighted by Gasteiger charge is 2.26. The molecule has 1 aliphatic rings. The number of aliphatic hydroxyl groups is 1. The second kappa shape index (κ2) is 5.01. The van der Waals surface area contributed by atoms with Crippen molar-refractivity contribution < 1.29 is 10.0 Å². The molecule has 0 aliphatic carbocycles. The number of rotatable bonds is 3. The molecule has 1 aromatic heterocycles. The minimum absolute atomic E-state index is 0.132. The lowest BCUT2D eigenvalue weighted by molar-refractivity contribution is -0.383. The Kier molecular flexibility index (Phi) is 3.63. The molecule has 1 aromatic rings. The fourth-order valence-corrected chi connectivity index (χ4v) is 3.16. The Hall–Kier alpha value is -1.14. The molecular formula is C11H16N2O3S. The summed E-state index contributed by atoms with van der Waals surface area (Å²) in [6.45, 7) is 3.39. The normalized spacial score (nSPS) is 18.1. The molecule has 2 heterocycles. The summed E-state index contributed by atoms with van der Waals surface area (Å²) < 4.78 is 0. The van der Waals surface area contributed by atoms with Gasteiger partial charge in [-0.25, -0.2) is 0 Å². The minimum Gasteiger partial charge on any atom is -0.388 e. The van der Waals surface area contributed by atoms with Crippen molar-refractivity contribution in [2.45, 2.75) is 32.3 Å². The second-order valence-corrected chi connectivity index (χ2v) is 5.38. The zero-order chi connectivity index (χ0) is 12.4. The van der Waals surface area contributed by atoms with E-state index in [2.05, 4.69) is 4.90 Å². The van der Waals surface area contributed by atoms with Gasteiger partial charge in [-0.15, -0.1) is 11.3 Å². The summed E-state index contributed by atoms with van der Waals surface area (Å²) in [5.74, 6) is 0. The van der Waals surface area contributed by atoms with Gasteiger partial charge in [-0.05, 0) is 26.2 Å². The predicted octanol–water partition coefficient (Wildman–Crippen LogP) is 2.70. The Balaban J connectivity index is 2.32. The first kappa shape index (κ1) is 12.3. The molecule has 1 unspecified atom stereocenters. The van der Waals surface area contributed by atoms with E-state index < -0.39 is 6.10 Å². The molecule has 1 atom stereocenters. The summed E-state index contributed by atoms with van der Waals surface area (Å²) in [7, 11) is 0. The lowest BCUT2D eigenvalue weighted by atomic mass is 10.1. The van der Waals surface area contributed by atoms with Gasteiger partial charge in [0.25, 0.3) is 0 Å². The van der Waals surface area contributed by atoms with Crippen molar-refractivity contribution >= 4 is 22.0 Å². The van der Waals surface area contributed by atoms with Crippen LogP contribution >= 0.6 is 11.3 Å². The predicted molar refractivity (Wildman–Crippen MR) is 67.7 cm³/mol. The van der Waals surface area contributed by atoms with Crippen molar-refractivity contribution in [1.82, 2.24) is 0 Å². The van der Waals surface area contributed by atoms with Crippen LogP contribution in [-0.4, -0.2) is 23.1 Å². The fourth-order valence-electron chi connectivity index (χ4n) is 2.05. The summed E-state index contributed by atoms with van der Waals surface area (Å²) in [5, 5.41) is 21.2. The first-order chi connectivity index (χ1) is 8.09. The SMILES string of the molecule is CC(O)c1cc([N+](=O)[O-])c(N2CCCCC2)s1. The summed E-state index contributed by atoms with van der Waals surface area (Å²) in [4.78, 5) is 13.4. The van der Waals surface area contributed by atoms with Crippen LogP contribution < -0.4 is 4.90 Å². The molecule has 0 amide bonds. The third-order valence-electron chi connectivity index (χ3n) is 2.96. The second-order valence-electron chi connectivity index (χ2n) is 4.32. The van der Waals surface area contributed by atoms with E-state index in [0.29, 0.717) is 9.88 Å². The van der Waals surface area contributed by atoms with Gasteiger partial charge >= 0.3 is 5.69 Å². The van der Waals surface area contributed by atoms with Crippen LogP contribution in [0.1, 0.15) is 37.2 Å². The molecule has 94 valence electrons. The molecule has 0 saturated carbocycles. The fraction of sp³-hybridized carbons (Fsp3) is 0.636. The van der Waals surface area contributed by atoms with Gasteiger partial charge in [0.2, 0.25) is 0 Å². The topological polar surface area (TPSA) is 66.6 Å². The summed E-state index contributed by atoms with van der Waals surface area (Å²) in [6.07, 6.45) is 2.72. The van der Waals surface area contributed by atoms with Crippen LogP contribution in [0.15, 0.2) is 6.07 Å². The van der Waals surface area contributed by atoms with Crippen LogP contribution in [0.5, 0.6) is 0 Å². The molecule has 5 nitrogen and oxygen atoms in total. The summed E-state index contributed by atoms with van der Waals surface area (Å²) >= 11 is 1.34. The third-order valence-corrected chi connectivity index (χ3v) is 4.32.